The Morgan fingerprint density at radius 3 is 2.41 bits per heavy atom. The van der Waals surface area contributed by atoms with Crippen molar-refractivity contribution >= 4 is 11.8 Å². The molecule has 1 saturated heterocycles. The number of rotatable bonds is 2. The Bertz CT molecular complexity index is 978. The first-order chi connectivity index (χ1) is 16.4. The van der Waals surface area contributed by atoms with Crippen molar-refractivity contribution in [2.24, 2.45) is 5.41 Å². The number of nitrogens with zero attached hydrogens (tertiary/aromatic N) is 4. The van der Waals surface area contributed by atoms with E-state index in [2.05, 4.69) is 24.8 Å². The lowest BCUT2D eigenvalue weighted by Gasteiger charge is -2.24. The Balaban J connectivity index is 0.000000212. The summed E-state index contributed by atoms with van der Waals surface area (Å²) in [4.78, 5) is 28.1. The van der Waals surface area contributed by atoms with Gasteiger partial charge in [0.05, 0.1) is 11.7 Å². The number of pyridine rings is 2. The van der Waals surface area contributed by atoms with Gasteiger partial charge >= 0.3 is 5.97 Å². The van der Waals surface area contributed by atoms with Crippen LogP contribution in [0.4, 0.5) is 10.2 Å². The highest BCUT2D eigenvalue weighted by atomic mass is 19.1. The summed E-state index contributed by atoms with van der Waals surface area (Å²) in [6.45, 7) is 5.51. The van der Waals surface area contributed by atoms with Gasteiger partial charge in [-0.15, -0.1) is 0 Å². The second kappa shape index (κ2) is 14.4. The van der Waals surface area contributed by atoms with Gasteiger partial charge in [0.1, 0.15) is 11.6 Å². The molecule has 4 rings (SSSR count). The number of aromatic amines is 1. The van der Waals surface area contributed by atoms with Gasteiger partial charge in [0.25, 0.3) is 0 Å². The van der Waals surface area contributed by atoms with E-state index in [0.717, 1.165) is 37.3 Å². The predicted molar refractivity (Wildman–Crippen MR) is 131 cm³/mol. The number of carbonyl (C=O) groups is 1. The number of hydrogen-bond donors (Lipinski definition) is 2. The van der Waals surface area contributed by atoms with Crippen molar-refractivity contribution < 1.29 is 14.3 Å². The number of halogens is 1. The van der Waals surface area contributed by atoms with Gasteiger partial charge in [-0.25, -0.2) is 14.4 Å². The van der Waals surface area contributed by atoms with Crippen LogP contribution < -0.4 is 4.90 Å². The van der Waals surface area contributed by atoms with Gasteiger partial charge in [-0.1, -0.05) is 12.1 Å². The summed E-state index contributed by atoms with van der Waals surface area (Å²) < 4.78 is 12.4. The van der Waals surface area contributed by atoms with Crippen LogP contribution in [0.5, 0.6) is 0 Å². The normalized spacial score (nSPS) is 17.0. The second-order valence-electron chi connectivity index (χ2n) is 8.10. The SMILES string of the molecule is Cc1ccc(N2CCCC(C)(C(=O)O)CC2)nc1.Fc1cccnc[nH]cc1.c1ccncc1. The lowest BCUT2D eigenvalue weighted by atomic mass is 9.83. The standard InChI is InChI=1S/C14H20N2O2.C7H7FN2.C5H5N/c1-11-4-5-12(15-10-11)16-8-3-6-14(2,7-9-16)13(17)18;8-7-2-1-4-9-6-10-5-3-7;1-2-4-6-5-3-1/h4-5,10H,3,6-9H2,1-2H3,(H,17,18);1-6H,(H,9,10);1-5H. The number of anilines is 1. The first-order valence-electron chi connectivity index (χ1n) is 11.1. The molecule has 3 aromatic rings. The average Bonchev–Trinajstić information content (AvgIpc) is 2.97. The van der Waals surface area contributed by atoms with Crippen LogP contribution in [0.1, 0.15) is 31.7 Å². The molecule has 1 fully saturated rings. The largest absolute Gasteiger partial charge is 0.481 e. The van der Waals surface area contributed by atoms with Crippen LogP contribution in [0.25, 0.3) is 0 Å². The number of H-pyrrole nitrogens is 1. The van der Waals surface area contributed by atoms with Gasteiger partial charge in [0.2, 0.25) is 0 Å². The number of aromatic nitrogens is 4. The third-order valence-corrected chi connectivity index (χ3v) is 5.31. The Morgan fingerprint density at radius 1 is 1.03 bits per heavy atom. The van der Waals surface area contributed by atoms with Gasteiger partial charge in [0, 0.05) is 44.1 Å². The Morgan fingerprint density at radius 2 is 1.79 bits per heavy atom. The average molecular weight is 466 g/mol. The lowest BCUT2D eigenvalue weighted by molar-refractivity contribution is -0.148. The van der Waals surface area contributed by atoms with Gasteiger partial charge in [-0.2, -0.15) is 0 Å². The number of nitrogens with one attached hydrogen (secondary N) is 1. The van der Waals surface area contributed by atoms with Crippen molar-refractivity contribution in [3.8, 4) is 0 Å². The molecule has 0 aromatic carbocycles. The van der Waals surface area contributed by atoms with E-state index < -0.39 is 11.4 Å². The molecule has 34 heavy (non-hydrogen) atoms. The molecule has 180 valence electrons. The van der Waals surface area contributed by atoms with E-state index in [-0.39, 0.29) is 5.82 Å². The smallest absolute Gasteiger partial charge is 0.309 e. The molecule has 1 unspecified atom stereocenters. The number of aliphatic carboxylic acids is 1. The third-order valence-electron chi connectivity index (χ3n) is 5.31. The minimum atomic E-state index is -0.679. The molecule has 4 heterocycles. The fraction of sp³-hybridized carbons (Fsp3) is 0.308. The van der Waals surface area contributed by atoms with E-state index in [0.29, 0.717) is 6.42 Å². The first-order valence-corrected chi connectivity index (χ1v) is 11.1. The molecular formula is C26H32FN5O2. The van der Waals surface area contributed by atoms with Crippen LogP contribution in [0.3, 0.4) is 0 Å². The molecule has 1 atom stereocenters. The van der Waals surface area contributed by atoms with E-state index in [4.69, 9.17) is 0 Å². The number of carboxylic acid groups (broad SMARTS) is 1. The molecule has 8 heteroatoms. The zero-order valence-electron chi connectivity index (χ0n) is 19.6. The molecule has 0 spiro atoms. The minimum absolute atomic E-state index is 0.297. The van der Waals surface area contributed by atoms with Crippen LogP contribution >= 0.6 is 0 Å². The van der Waals surface area contributed by atoms with Crippen LogP contribution in [0, 0.1) is 18.2 Å². The van der Waals surface area contributed by atoms with Crippen molar-refractivity contribution in [1.29, 1.82) is 0 Å². The maximum absolute atomic E-state index is 12.4. The van der Waals surface area contributed by atoms with E-state index >= 15 is 0 Å². The minimum Gasteiger partial charge on any atom is -0.481 e. The first kappa shape index (κ1) is 26.4. The van der Waals surface area contributed by atoms with Crippen molar-refractivity contribution in [2.75, 3.05) is 18.0 Å². The maximum atomic E-state index is 12.4. The summed E-state index contributed by atoms with van der Waals surface area (Å²) in [5, 5.41) is 9.28. The number of aryl methyl sites for hydroxylation is 1. The predicted octanol–water partition coefficient (Wildman–Crippen LogP) is 5.23. The molecule has 2 N–H and O–H groups in total. The van der Waals surface area contributed by atoms with Gasteiger partial charge in [0.15, 0.2) is 0 Å². The summed E-state index contributed by atoms with van der Waals surface area (Å²) in [7, 11) is 0. The molecular weight excluding hydrogens is 433 g/mol. The van der Waals surface area contributed by atoms with Crippen LogP contribution in [0.15, 0.2) is 85.8 Å². The Labute approximate surface area is 200 Å². The zero-order valence-corrected chi connectivity index (χ0v) is 19.6. The fourth-order valence-corrected chi connectivity index (χ4v) is 3.18. The monoisotopic (exact) mass is 465 g/mol. The van der Waals surface area contributed by atoms with Gasteiger partial charge < -0.3 is 15.0 Å². The van der Waals surface area contributed by atoms with Crippen molar-refractivity contribution in [3.05, 3.63) is 97.2 Å². The van der Waals surface area contributed by atoms with E-state index in [9.17, 15) is 14.3 Å². The summed E-state index contributed by atoms with van der Waals surface area (Å²) in [6, 6.07) is 14.0. The molecule has 1 aliphatic rings. The molecule has 0 radical (unpaired) electrons. The zero-order chi connectivity index (χ0) is 24.7. The Kier molecular flexibility index (Phi) is 11.2. The van der Waals surface area contributed by atoms with Crippen molar-refractivity contribution in [2.45, 2.75) is 33.1 Å². The highest BCUT2D eigenvalue weighted by Gasteiger charge is 2.35. The molecule has 0 aliphatic carbocycles. The van der Waals surface area contributed by atoms with Gasteiger partial charge in [-0.05, 0) is 75.1 Å². The topological polar surface area (TPSA) is 95.0 Å². The lowest BCUT2D eigenvalue weighted by Crippen LogP contribution is -2.30. The molecule has 7 nitrogen and oxygen atoms in total. The van der Waals surface area contributed by atoms with E-state index in [1.807, 2.05) is 50.4 Å². The third kappa shape index (κ3) is 9.77. The highest BCUT2D eigenvalue weighted by Crippen LogP contribution is 2.32. The summed E-state index contributed by atoms with van der Waals surface area (Å²) in [5.41, 5.74) is 0.559. The van der Waals surface area contributed by atoms with Crippen LogP contribution in [-0.4, -0.2) is 44.1 Å². The molecule has 0 saturated carbocycles. The second-order valence-corrected chi connectivity index (χ2v) is 8.10. The van der Waals surface area contributed by atoms with Crippen LogP contribution in [0.2, 0.25) is 0 Å². The van der Waals surface area contributed by atoms with Crippen molar-refractivity contribution in [1.82, 2.24) is 19.9 Å². The summed E-state index contributed by atoms with van der Waals surface area (Å²) in [5.74, 6) is -0.0225. The molecule has 0 bridgehead atoms. The highest BCUT2D eigenvalue weighted by molar-refractivity contribution is 5.74. The summed E-state index contributed by atoms with van der Waals surface area (Å²) in [6.07, 6.45) is 12.1. The fourth-order valence-electron chi connectivity index (χ4n) is 3.18. The number of hydrogen-bond acceptors (Lipinski definition) is 5. The summed E-state index contributed by atoms with van der Waals surface area (Å²) >= 11 is 0. The van der Waals surface area contributed by atoms with E-state index in [1.165, 1.54) is 36.9 Å². The molecule has 1 aliphatic heterocycles. The van der Waals surface area contributed by atoms with Crippen LogP contribution in [-0.2, 0) is 4.79 Å². The van der Waals surface area contributed by atoms with Gasteiger partial charge in [-0.3, -0.25) is 9.78 Å². The van der Waals surface area contributed by atoms with Crippen molar-refractivity contribution in [3.63, 3.8) is 0 Å². The maximum Gasteiger partial charge on any atom is 0.309 e. The Hall–Kier alpha value is -3.81. The number of carboxylic acids is 1. The quantitative estimate of drug-likeness (QED) is 0.538. The molecule has 0 amide bonds. The molecule has 3 aromatic heterocycles. The van der Waals surface area contributed by atoms with E-state index in [1.54, 1.807) is 12.4 Å².